The lowest BCUT2D eigenvalue weighted by atomic mass is 9.79. The number of guanidine groups is 1. The fraction of sp³-hybridized carbons (Fsp3) is 0.462. The molecule has 1 aromatic carbocycles. The van der Waals surface area contributed by atoms with E-state index in [1.54, 1.807) is 0 Å². The van der Waals surface area contributed by atoms with Gasteiger partial charge in [-0.3, -0.25) is 0 Å². The molecule has 2 N–H and O–H groups in total. The molecule has 1 saturated heterocycles. The topological polar surface area (TPSA) is 36.4 Å². The van der Waals surface area contributed by atoms with Gasteiger partial charge in [-0.1, -0.05) is 23.7 Å². The molecule has 1 aliphatic heterocycles. The largest absolute Gasteiger partial charge is 0.355 e. The van der Waals surface area contributed by atoms with Crippen molar-refractivity contribution in [1.82, 2.24) is 10.6 Å². The van der Waals surface area contributed by atoms with Gasteiger partial charge in [-0.25, -0.2) is 4.99 Å². The maximum atomic E-state index is 4.81. The molecule has 1 heterocycles. The molecular formula is C13H18BN3. The van der Waals surface area contributed by atoms with E-state index in [2.05, 4.69) is 36.7 Å². The van der Waals surface area contributed by atoms with E-state index in [-0.39, 0.29) is 0 Å². The predicted octanol–water partition coefficient (Wildman–Crippen LogP) is -0.129. The SMILES string of the molecule is Bc1cccc2c1CCCC2N=C1NCCN1. The van der Waals surface area contributed by atoms with Crippen molar-refractivity contribution in [2.24, 2.45) is 4.99 Å². The lowest BCUT2D eigenvalue weighted by molar-refractivity contribution is 0.571. The molecule has 0 bridgehead atoms. The Bertz CT molecular complexity index is 448. The van der Waals surface area contributed by atoms with Gasteiger partial charge in [0.1, 0.15) is 7.85 Å². The first-order valence-electron chi connectivity index (χ1n) is 6.48. The van der Waals surface area contributed by atoms with Crippen molar-refractivity contribution in [2.75, 3.05) is 13.1 Å². The average Bonchev–Trinajstić information content (AvgIpc) is 2.83. The molecule has 1 fully saturated rings. The molecule has 2 aliphatic rings. The molecular weight excluding hydrogens is 209 g/mol. The van der Waals surface area contributed by atoms with Crippen molar-refractivity contribution in [1.29, 1.82) is 0 Å². The summed E-state index contributed by atoms with van der Waals surface area (Å²) in [6.07, 6.45) is 3.63. The molecule has 88 valence electrons. The molecule has 1 aliphatic carbocycles. The first kappa shape index (κ1) is 10.7. The zero-order chi connectivity index (χ0) is 11.7. The normalized spacial score (nSPS) is 22.6. The van der Waals surface area contributed by atoms with E-state index in [4.69, 9.17) is 4.99 Å². The predicted molar refractivity (Wildman–Crippen MR) is 73.7 cm³/mol. The van der Waals surface area contributed by atoms with Gasteiger partial charge < -0.3 is 10.6 Å². The number of nitrogens with one attached hydrogen (secondary N) is 2. The minimum Gasteiger partial charge on any atom is -0.355 e. The molecule has 0 aromatic heterocycles. The standard InChI is InChI=1S/C13H18BN3/c14-11-5-1-4-10-9(11)3-2-6-12(10)17-13-15-7-8-16-13/h1,4-5,12H,2-3,6-8,14H2,(H2,15,16,17). The molecule has 0 radical (unpaired) electrons. The van der Waals surface area contributed by atoms with Gasteiger partial charge in [0.25, 0.3) is 0 Å². The van der Waals surface area contributed by atoms with Crippen LogP contribution in [0.4, 0.5) is 0 Å². The van der Waals surface area contributed by atoms with Crippen LogP contribution in [-0.4, -0.2) is 26.9 Å². The summed E-state index contributed by atoms with van der Waals surface area (Å²) in [6, 6.07) is 6.94. The summed E-state index contributed by atoms with van der Waals surface area (Å²) >= 11 is 0. The van der Waals surface area contributed by atoms with E-state index in [1.807, 2.05) is 0 Å². The van der Waals surface area contributed by atoms with Crippen LogP contribution in [0, 0.1) is 0 Å². The van der Waals surface area contributed by atoms with Crippen LogP contribution in [0.5, 0.6) is 0 Å². The third kappa shape index (κ3) is 2.04. The maximum absolute atomic E-state index is 4.81. The highest BCUT2D eigenvalue weighted by atomic mass is 15.2. The molecule has 1 atom stereocenters. The molecule has 0 saturated carbocycles. The quantitative estimate of drug-likeness (QED) is 0.656. The van der Waals surface area contributed by atoms with Crippen molar-refractivity contribution in [3.8, 4) is 0 Å². The van der Waals surface area contributed by atoms with Gasteiger partial charge in [0.15, 0.2) is 5.96 Å². The fourth-order valence-electron chi connectivity index (χ4n) is 2.81. The van der Waals surface area contributed by atoms with Crippen molar-refractivity contribution >= 4 is 19.3 Å². The molecule has 0 amide bonds. The Hall–Kier alpha value is -1.45. The number of benzene rings is 1. The number of rotatable bonds is 1. The summed E-state index contributed by atoms with van der Waals surface area (Å²) < 4.78 is 0. The highest BCUT2D eigenvalue weighted by Crippen LogP contribution is 2.31. The van der Waals surface area contributed by atoms with E-state index < -0.39 is 0 Å². The first-order chi connectivity index (χ1) is 8.34. The second-order valence-electron chi connectivity index (χ2n) is 4.88. The molecule has 0 spiro atoms. The van der Waals surface area contributed by atoms with Crippen molar-refractivity contribution in [3.05, 3.63) is 29.3 Å². The molecule has 4 heteroatoms. The van der Waals surface area contributed by atoms with Gasteiger partial charge in [-0.2, -0.15) is 0 Å². The molecule has 1 aromatic rings. The van der Waals surface area contributed by atoms with Gasteiger partial charge in [0.05, 0.1) is 6.04 Å². The summed E-state index contributed by atoms with van der Waals surface area (Å²) in [5, 5.41) is 6.58. The highest BCUT2D eigenvalue weighted by molar-refractivity contribution is 6.33. The second-order valence-corrected chi connectivity index (χ2v) is 4.88. The zero-order valence-corrected chi connectivity index (χ0v) is 10.3. The Kier molecular flexibility index (Phi) is 2.79. The maximum Gasteiger partial charge on any atom is 0.192 e. The van der Waals surface area contributed by atoms with Crippen LogP contribution in [0.1, 0.15) is 30.0 Å². The van der Waals surface area contributed by atoms with Gasteiger partial charge in [-0.15, -0.1) is 0 Å². The van der Waals surface area contributed by atoms with Gasteiger partial charge in [0, 0.05) is 13.1 Å². The number of hydrogen-bond donors (Lipinski definition) is 2. The third-order valence-corrected chi connectivity index (χ3v) is 3.70. The van der Waals surface area contributed by atoms with Gasteiger partial charge in [-0.05, 0) is 30.4 Å². The fourth-order valence-corrected chi connectivity index (χ4v) is 2.81. The van der Waals surface area contributed by atoms with Crippen molar-refractivity contribution in [2.45, 2.75) is 25.3 Å². The summed E-state index contributed by atoms with van der Waals surface area (Å²) in [4.78, 5) is 4.81. The van der Waals surface area contributed by atoms with E-state index in [0.717, 1.165) is 19.0 Å². The molecule has 3 rings (SSSR count). The van der Waals surface area contributed by atoms with E-state index in [9.17, 15) is 0 Å². The van der Waals surface area contributed by atoms with E-state index >= 15 is 0 Å². The number of hydrogen-bond acceptors (Lipinski definition) is 1. The molecule has 1 unspecified atom stereocenters. The number of aliphatic imine (C=N–C) groups is 1. The van der Waals surface area contributed by atoms with Gasteiger partial charge >= 0.3 is 0 Å². The van der Waals surface area contributed by atoms with Crippen molar-refractivity contribution < 1.29 is 0 Å². The lowest BCUT2D eigenvalue weighted by Crippen LogP contribution is -2.26. The second kappa shape index (κ2) is 4.44. The van der Waals surface area contributed by atoms with Gasteiger partial charge in [0.2, 0.25) is 0 Å². The summed E-state index contributed by atoms with van der Waals surface area (Å²) in [6.45, 7) is 1.98. The minimum atomic E-state index is 0.340. The monoisotopic (exact) mass is 227 g/mol. The number of fused-ring (bicyclic) bond motifs is 1. The Morgan fingerprint density at radius 3 is 2.88 bits per heavy atom. The Morgan fingerprint density at radius 2 is 2.06 bits per heavy atom. The highest BCUT2D eigenvalue weighted by Gasteiger charge is 2.21. The van der Waals surface area contributed by atoms with Crippen LogP contribution in [0.25, 0.3) is 0 Å². The average molecular weight is 227 g/mol. The number of nitrogens with zero attached hydrogens (tertiary/aromatic N) is 1. The van der Waals surface area contributed by atoms with Crippen LogP contribution in [0.15, 0.2) is 23.2 Å². The van der Waals surface area contributed by atoms with Crippen molar-refractivity contribution in [3.63, 3.8) is 0 Å². The molecule has 17 heavy (non-hydrogen) atoms. The zero-order valence-electron chi connectivity index (χ0n) is 10.3. The van der Waals surface area contributed by atoms with Crippen LogP contribution < -0.4 is 16.1 Å². The Labute approximate surface area is 103 Å². The molecule has 3 nitrogen and oxygen atoms in total. The van der Waals surface area contributed by atoms with Crippen LogP contribution in [-0.2, 0) is 6.42 Å². The smallest absolute Gasteiger partial charge is 0.192 e. The lowest BCUT2D eigenvalue weighted by Gasteiger charge is -2.24. The van der Waals surface area contributed by atoms with E-state index in [0.29, 0.717) is 6.04 Å². The Balaban J connectivity index is 1.94. The third-order valence-electron chi connectivity index (χ3n) is 3.70. The Morgan fingerprint density at radius 1 is 1.24 bits per heavy atom. The summed E-state index contributed by atoms with van der Waals surface area (Å²) in [7, 11) is 2.21. The van der Waals surface area contributed by atoms with Crippen LogP contribution in [0.2, 0.25) is 0 Å². The first-order valence-corrected chi connectivity index (χ1v) is 6.48. The summed E-state index contributed by atoms with van der Waals surface area (Å²) in [5.41, 5.74) is 4.37. The summed E-state index contributed by atoms with van der Waals surface area (Å²) in [5.74, 6) is 0.976. The van der Waals surface area contributed by atoms with Crippen LogP contribution >= 0.6 is 0 Å². The minimum absolute atomic E-state index is 0.340. The van der Waals surface area contributed by atoms with Crippen LogP contribution in [0.3, 0.4) is 0 Å². The van der Waals surface area contributed by atoms with E-state index in [1.165, 1.54) is 35.9 Å².